The van der Waals surface area contributed by atoms with Crippen molar-refractivity contribution in [3.63, 3.8) is 0 Å². The first-order valence-electron chi connectivity index (χ1n) is 7.14. The highest BCUT2D eigenvalue weighted by Gasteiger charge is 2.33. The van der Waals surface area contributed by atoms with Crippen LogP contribution >= 0.6 is 0 Å². The van der Waals surface area contributed by atoms with E-state index in [1.165, 1.54) is 14.2 Å². The number of carbonyl (C=O) groups is 1. The van der Waals surface area contributed by atoms with Gasteiger partial charge in [-0.3, -0.25) is 4.79 Å². The van der Waals surface area contributed by atoms with Crippen molar-refractivity contribution >= 4 is 14.5 Å². The van der Waals surface area contributed by atoms with E-state index in [9.17, 15) is 26.8 Å². The second-order valence-electron chi connectivity index (χ2n) is 5.01. The average Bonchev–Trinajstić information content (AvgIpc) is 2.59. The number of hydrogen-bond donors (Lipinski definition) is 0. The fourth-order valence-corrected chi connectivity index (χ4v) is 4.40. The number of hydrogen-bond acceptors (Lipinski definition) is 3. The van der Waals surface area contributed by atoms with Crippen LogP contribution in [0.25, 0.3) is 0 Å². The maximum Gasteiger partial charge on any atom is 0.337 e. The summed E-state index contributed by atoms with van der Waals surface area (Å²) in [5.74, 6) is -9.53. The standard InChI is InChI=1S/C14H18F5NO3Si/c1-4-24(22-2,23-3)7-5-6-20(19)14(21)9-8-10(15)12(17)13(18)11(9)16/h8H,4-7H2,1-3H3. The van der Waals surface area contributed by atoms with Gasteiger partial charge in [-0.15, -0.1) is 0 Å². The van der Waals surface area contributed by atoms with Crippen LogP contribution in [-0.2, 0) is 8.85 Å². The fraction of sp³-hybridized carbons (Fsp3) is 0.500. The molecule has 0 aliphatic heterocycles. The van der Waals surface area contributed by atoms with Crippen molar-refractivity contribution in [1.29, 1.82) is 0 Å². The smallest absolute Gasteiger partial charge is 0.337 e. The molecule has 0 aliphatic carbocycles. The summed E-state index contributed by atoms with van der Waals surface area (Å²) in [4.78, 5) is 11.7. The Balaban J connectivity index is 2.80. The predicted octanol–water partition coefficient (Wildman–Crippen LogP) is 3.71. The Labute approximate surface area is 137 Å². The first-order valence-corrected chi connectivity index (χ1v) is 9.37. The van der Waals surface area contributed by atoms with E-state index >= 15 is 0 Å². The number of nitrogens with zero attached hydrogens (tertiary/aromatic N) is 1. The van der Waals surface area contributed by atoms with Crippen LogP contribution < -0.4 is 0 Å². The van der Waals surface area contributed by atoms with Gasteiger partial charge >= 0.3 is 8.56 Å². The molecule has 0 bridgehead atoms. The highest BCUT2D eigenvalue weighted by molar-refractivity contribution is 6.67. The van der Waals surface area contributed by atoms with Crippen LogP contribution in [0.5, 0.6) is 0 Å². The lowest BCUT2D eigenvalue weighted by Crippen LogP contribution is -2.39. The molecule has 0 spiro atoms. The minimum atomic E-state index is -2.48. The van der Waals surface area contributed by atoms with Crippen LogP contribution in [0.15, 0.2) is 6.07 Å². The van der Waals surface area contributed by atoms with E-state index < -0.39 is 49.8 Å². The van der Waals surface area contributed by atoms with E-state index in [1.54, 1.807) is 0 Å². The van der Waals surface area contributed by atoms with Gasteiger partial charge in [-0.2, -0.15) is 5.12 Å². The van der Waals surface area contributed by atoms with E-state index in [0.29, 0.717) is 12.1 Å². The highest BCUT2D eigenvalue weighted by atomic mass is 28.4. The molecule has 1 aromatic rings. The molecule has 1 amide bonds. The molecule has 0 atom stereocenters. The Morgan fingerprint density at radius 1 is 1.12 bits per heavy atom. The third-order valence-corrected chi connectivity index (χ3v) is 7.43. The van der Waals surface area contributed by atoms with E-state index in [4.69, 9.17) is 8.85 Å². The predicted molar refractivity (Wildman–Crippen MR) is 78.1 cm³/mol. The van der Waals surface area contributed by atoms with Gasteiger partial charge in [0.05, 0.1) is 12.1 Å². The second-order valence-corrected chi connectivity index (χ2v) is 8.86. The van der Waals surface area contributed by atoms with Gasteiger partial charge in [-0.1, -0.05) is 11.4 Å². The monoisotopic (exact) mass is 371 g/mol. The topological polar surface area (TPSA) is 38.8 Å². The summed E-state index contributed by atoms with van der Waals surface area (Å²) in [6.07, 6.45) is 0.137. The van der Waals surface area contributed by atoms with Gasteiger partial charge in [0.15, 0.2) is 23.3 Å². The molecule has 4 nitrogen and oxygen atoms in total. The van der Waals surface area contributed by atoms with Crippen molar-refractivity contribution in [2.75, 3.05) is 20.8 Å². The molecule has 0 aliphatic rings. The average molecular weight is 371 g/mol. The van der Waals surface area contributed by atoms with Crippen molar-refractivity contribution < 1.29 is 35.7 Å². The lowest BCUT2D eigenvalue weighted by atomic mass is 10.1. The van der Waals surface area contributed by atoms with Crippen molar-refractivity contribution in [2.24, 2.45) is 0 Å². The fourth-order valence-electron chi connectivity index (χ4n) is 2.20. The van der Waals surface area contributed by atoms with Crippen LogP contribution in [0.3, 0.4) is 0 Å². The summed E-state index contributed by atoms with van der Waals surface area (Å²) in [5.41, 5.74) is -1.22. The van der Waals surface area contributed by atoms with E-state index in [-0.39, 0.29) is 17.6 Å². The maximum absolute atomic E-state index is 13.8. The van der Waals surface area contributed by atoms with Crippen LogP contribution in [0.2, 0.25) is 12.1 Å². The van der Waals surface area contributed by atoms with Crippen LogP contribution in [0, 0.1) is 23.3 Å². The van der Waals surface area contributed by atoms with Gasteiger partial charge < -0.3 is 8.85 Å². The Hall–Kier alpha value is -1.52. The molecule has 0 radical (unpaired) electrons. The molecule has 24 heavy (non-hydrogen) atoms. The summed E-state index contributed by atoms with van der Waals surface area (Å²) in [7, 11) is 0.456. The Kier molecular flexibility index (Phi) is 7.30. The van der Waals surface area contributed by atoms with Gasteiger partial charge in [-0.05, 0) is 24.6 Å². The molecule has 0 saturated carbocycles. The molecular formula is C14H18F5NO3Si. The van der Waals surface area contributed by atoms with Gasteiger partial charge in [0.25, 0.3) is 5.91 Å². The summed E-state index contributed by atoms with van der Waals surface area (Å²) >= 11 is 0. The zero-order valence-corrected chi connectivity index (χ0v) is 14.5. The first-order chi connectivity index (χ1) is 11.2. The molecule has 1 aromatic carbocycles. The molecule has 0 N–H and O–H groups in total. The number of carbonyl (C=O) groups excluding carboxylic acids is 1. The summed E-state index contributed by atoms with van der Waals surface area (Å²) in [6, 6.07) is 1.08. The summed E-state index contributed by atoms with van der Waals surface area (Å²) in [5, 5.41) is -0.380. The number of halogens is 5. The second kappa shape index (κ2) is 8.54. The molecule has 10 heteroatoms. The third-order valence-electron chi connectivity index (χ3n) is 3.75. The zero-order valence-electron chi connectivity index (χ0n) is 13.5. The van der Waals surface area contributed by atoms with Crippen LogP contribution in [0.4, 0.5) is 22.0 Å². The number of rotatable bonds is 8. The van der Waals surface area contributed by atoms with Gasteiger partial charge in [0.2, 0.25) is 0 Å². The Morgan fingerprint density at radius 3 is 2.21 bits per heavy atom. The quantitative estimate of drug-likeness (QED) is 0.230. The molecule has 1 rings (SSSR count). The van der Waals surface area contributed by atoms with Gasteiger partial charge in [0.1, 0.15) is 0 Å². The zero-order chi connectivity index (χ0) is 18.5. The Morgan fingerprint density at radius 2 is 1.71 bits per heavy atom. The largest absolute Gasteiger partial charge is 0.398 e. The van der Waals surface area contributed by atoms with Gasteiger partial charge in [-0.25, -0.2) is 17.6 Å². The molecule has 0 heterocycles. The summed E-state index contributed by atoms with van der Waals surface area (Å²) in [6.45, 7) is 1.39. The molecular weight excluding hydrogens is 353 g/mol. The molecule has 0 aromatic heterocycles. The number of amides is 1. The molecule has 136 valence electrons. The minimum absolute atomic E-state index is 0.123. The molecule has 0 saturated heterocycles. The van der Waals surface area contributed by atoms with E-state index in [2.05, 4.69) is 0 Å². The SMILES string of the molecule is CC[Si](CCCN(F)C(=O)c1cc(F)c(F)c(F)c1F)(OC)OC. The maximum atomic E-state index is 13.8. The normalized spacial score (nSPS) is 11.7. The van der Waals surface area contributed by atoms with E-state index in [1.807, 2.05) is 6.92 Å². The highest BCUT2D eigenvalue weighted by Crippen LogP contribution is 2.22. The van der Waals surface area contributed by atoms with E-state index in [0.717, 1.165) is 0 Å². The molecule has 0 unspecified atom stereocenters. The van der Waals surface area contributed by atoms with Crippen molar-refractivity contribution in [2.45, 2.75) is 25.4 Å². The van der Waals surface area contributed by atoms with Crippen molar-refractivity contribution in [3.8, 4) is 0 Å². The van der Waals surface area contributed by atoms with Crippen LogP contribution in [0.1, 0.15) is 23.7 Å². The minimum Gasteiger partial charge on any atom is -0.398 e. The summed E-state index contributed by atoms with van der Waals surface area (Å²) < 4.78 is 77.0. The third kappa shape index (κ3) is 4.31. The van der Waals surface area contributed by atoms with Crippen molar-refractivity contribution in [3.05, 3.63) is 34.9 Å². The van der Waals surface area contributed by atoms with Gasteiger partial charge in [0, 0.05) is 14.2 Å². The first kappa shape index (κ1) is 20.5. The Bertz CT molecular complexity index is 590. The lowest BCUT2D eigenvalue weighted by Gasteiger charge is -2.26. The molecule has 0 fully saturated rings. The van der Waals surface area contributed by atoms with Crippen LogP contribution in [-0.4, -0.2) is 40.4 Å². The lowest BCUT2D eigenvalue weighted by molar-refractivity contribution is 0.0187. The number of benzene rings is 1. The van der Waals surface area contributed by atoms with Crippen molar-refractivity contribution in [1.82, 2.24) is 5.12 Å².